The van der Waals surface area contributed by atoms with Crippen molar-refractivity contribution in [1.82, 2.24) is 4.57 Å². The molecule has 90 valence electrons. The lowest BCUT2D eigenvalue weighted by molar-refractivity contribution is -0.140. The summed E-state index contributed by atoms with van der Waals surface area (Å²) in [6.07, 6.45) is -3.93. The molecule has 0 radical (unpaired) electrons. The summed E-state index contributed by atoms with van der Waals surface area (Å²) in [7, 11) is 0. The van der Waals surface area contributed by atoms with Gasteiger partial charge in [0, 0.05) is 9.86 Å². The van der Waals surface area contributed by atoms with Gasteiger partial charge in [0.05, 0.1) is 11.2 Å². The number of hydrogen-bond acceptors (Lipinski definition) is 1. The molecule has 0 spiro atoms. The van der Waals surface area contributed by atoms with Crippen LogP contribution in [0.3, 0.4) is 0 Å². The van der Waals surface area contributed by atoms with E-state index in [0.29, 0.717) is 21.7 Å². The van der Waals surface area contributed by atoms with Gasteiger partial charge in [0.2, 0.25) is 0 Å². The third-order valence-corrected chi connectivity index (χ3v) is 3.07. The number of carbonyl (C=O) groups is 1. The molecule has 0 amide bonds. The van der Waals surface area contributed by atoms with Crippen molar-refractivity contribution in [2.75, 3.05) is 0 Å². The molecule has 0 aliphatic carbocycles. The zero-order valence-electron chi connectivity index (χ0n) is 8.46. The van der Waals surface area contributed by atoms with Crippen LogP contribution in [0.25, 0.3) is 10.9 Å². The highest BCUT2D eigenvalue weighted by Crippen LogP contribution is 2.29. The molecule has 2 nitrogen and oxygen atoms in total. The van der Waals surface area contributed by atoms with Gasteiger partial charge < -0.3 is 4.57 Å². The van der Waals surface area contributed by atoms with Crippen molar-refractivity contribution in [1.29, 1.82) is 0 Å². The van der Waals surface area contributed by atoms with E-state index in [1.165, 1.54) is 6.07 Å². The molecule has 1 aromatic heterocycles. The number of fused-ring (bicyclic) bond motifs is 1. The molecule has 0 saturated carbocycles. The Labute approximate surface area is 103 Å². The van der Waals surface area contributed by atoms with Crippen LogP contribution < -0.4 is 0 Å². The summed E-state index contributed by atoms with van der Waals surface area (Å²) in [5.74, 6) is 0. The standard InChI is InChI=1S/C11H7BrF3NO/c12-9-2-1-3-10-8(9)4-7(5-17)16(10)6-11(13,14)15/h1-5H,6H2. The number of halogens is 4. The number of rotatable bonds is 2. The number of aldehydes is 1. The molecule has 0 unspecified atom stereocenters. The van der Waals surface area contributed by atoms with Gasteiger partial charge >= 0.3 is 6.18 Å². The predicted octanol–water partition coefficient (Wildman–Crippen LogP) is 3.78. The van der Waals surface area contributed by atoms with Crippen LogP contribution in [0.2, 0.25) is 0 Å². The maximum atomic E-state index is 12.4. The largest absolute Gasteiger partial charge is 0.406 e. The first-order valence-corrected chi connectivity index (χ1v) is 5.51. The molecule has 2 aromatic rings. The first-order chi connectivity index (χ1) is 7.92. The summed E-state index contributed by atoms with van der Waals surface area (Å²) in [5, 5.41) is 0.596. The molecule has 0 aliphatic rings. The van der Waals surface area contributed by atoms with Crippen molar-refractivity contribution in [2.24, 2.45) is 0 Å². The molecule has 0 aliphatic heterocycles. The average Bonchev–Trinajstić information content (AvgIpc) is 2.56. The van der Waals surface area contributed by atoms with E-state index in [1.54, 1.807) is 18.2 Å². The summed E-state index contributed by atoms with van der Waals surface area (Å²) in [6, 6.07) is 6.35. The number of aromatic nitrogens is 1. The van der Waals surface area contributed by atoms with Gasteiger partial charge in [0.25, 0.3) is 0 Å². The Kier molecular flexibility index (Phi) is 2.99. The van der Waals surface area contributed by atoms with Gasteiger partial charge in [-0.3, -0.25) is 4.79 Å². The van der Waals surface area contributed by atoms with Gasteiger partial charge in [-0.05, 0) is 18.2 Å². The molecule has 0 atom stereocenters. The van der Waals surface area contributed by atoms with Crippen molar-refractivity contribution < 1.29 is 18.0 Å². The van der Waals surface area contributed by atoms with Crippen LogP contribution >= 0.6 is 15.9 Å². The highest BCUT2D eigenvalue weighted by molar-refractivity contribution is 9.10. The molecule has 0 bridgehead atoms. The quantitative estimate of drug-likeness (QED) is 0.774. The SMILES string of the molecule is O=Cc1cc2c(Br)cccc2n1CC(F)(F)F. The van der Waals surface area contributed by atoms with Crippen LogP contribution in [-0.4, -0.2) is 17.0 Å². The van der Waals surface area contributed by atoms with Crippen molar-refractivity contribution in [3.63, 3.8) is 0 Å². The fourth-order valence-corrected chi connectivity index (χ4v) is 2.19. The highest BCUT2D eigenvalue weighted by atomic mass is 79.9. The van der Waals surface area contributed by atoms with E-state index >= 15 is 0 Å². The highest BCUT2D eigenvalue weighted by Gasteiger charge is 2.29. The Bertz CT molecular complexity index is 574. The number of hydrogen-bond donors (Lipinski definition) is 0. The molecule has 17 heavy (non-hydrogen) atoms. The van der Waals surface area contributed by atoms with Gasteiger partial charge in [-0.25, -0.2) is 0 Å². The van der Waals surface area contributed by atoms with Crippen molar-refractivity contribution in [3.8, 4) is 0 Å². The van der Waals surface area contributed by atoms with Crippen LogP contribution in [0, 0.1) is 0 Å². The lowest BCUT2D eigenvalue weighted by atomic mass is 10.2. The van der Waals surface area contributed by atoms with Crippen molar-refractivity contribution in [3.05, 3.63) is 34.4 Å². The Hall–Kier alpha value is -1.30. The lowest BCUT2D eigenvalue weighted by Crippen LogP contribution is -2.19. The van der Waals surface area contributed by atoms with Gasteiger partial charge in [0.15, 0.2) is 6.29 Å². The zero-order valence-corrected chi connectivity index (χ0v) is 10.0. The Morgan fingerprint density at radius 1 is 1.35 bits per heavy atom. The van der Waals surface area contributed by atoms with Crippen LogP contribution in [0.4, 0.5) is 13.2 Å². The van der Waals surface area contributed by atoms with Crippen molar-refractivity contribution >= 4 is 33.1 Å². The molecular weight excluding hydrogens is 299 g/mol. The Balaban J connectivity index is 2.67. The third-order valence-electron chi connectivity index (χ3n) is 2.38. The average molecular weight is 306 g/mol. The molecular formula is C11H7BrF3NO. The summed E-state index contributed by atoms with van der Waals surface area (Å²) >= 11 is 3.24. The second kappa shape index (κ2) is 4.18. The molecule has 0 N–H and O–H groups in total. The van der Waals surface area contributed by atoms with Crippen LogP contribution in [-0.2, 0) is 6.54 Å². The second-order valence-corrected chi connectivity index (χ2v) is 4.42. The Morgan fingerprint density at radius 2 is 2.06 bits per heavy atom. The van der Waals surface area contributed by atoms with Crippen LogP contribution in [0.15, 0.2) is 28.7 Å². The number of benzene rings is 1. The summed E-state index contributed by atoms with van der Waals surface area (Å²) in [4.78, 5) is 10.8. The van der Waals surface area contributed by atoms with Gasteiger partial charge in [-0.2, -0.15) is 13.2 Å². The van der Waals surface area contributed by atoms with Gasteiger partial charge in [0.1, 0.15) is 6.54 Å². The molecule has 2 rings (SSSR count). The summed E-state index contributed by atoms with van der Waals surface area (Å²) in [5.41, 5.74) is 0.406. The maximum absolute atomic E-state index is 12.4. The topological polar surface area (TPSA) is 22.0 Å². The van der Waals surface area contributed by atoms with E-state index in [-0.39, 0.29) is 5.69 Å². The minimum atomic E-state index is -4.36. The molecule has 1 aromatic carbocycles. The van der Waals surface area contributed by atoms with Crippen LogP contribution in [0.1, 0.15) is 10.5 Å². The number of nitrogens with zero attached hydrogens (tertiary/aromatic N) is 1. The van der Waals surface area contributed by atoms with Gasteiger partial charge in [-0.15, -0.1) is 0 Å². The molecule has 1 heterocycles. The predicted molar refractivity (Wildman–Crippen MR) is 61.1 cm³/mol. The Morgan fingerprint density at radius 3 is 2.65 bits per heavy atom. The lowest BCUT2D eigenvalue weighted by Gasteiger charge is -2.10. The third kappa shape index (κ3) is 2.36. The fourth-order valence-electron chi connectivity index (χ4n) is 1.72. The number of alkyl halides is 3. The van der Waals surface area contributed by atoms with Gasteiger partial charge in [-0.1, -0.05) is 22.0 Å². The van der Waals surface area contributed by atoms with Crippen molar-refractivity contribution in [2.45, 2.75) is 12.7 Å². The summed E-state index contributed by atoms with van der Waals surface area (Å²) < 4.78 is 38.9. The molecule has 6 heteroatoms. The minimum absolute atomic E-state index is 0.0178. The van der Waals surface area contributed by atoms with E-state index in [4.69, 9.17) is 0 Å². The van der Waals surface area contributed by atoms with E-state index in [9.17, 15) is 18.0 Å². The van der Waals surface area contributed by atoms with E-state index in [1.807, 2.05) is 0 Å². The maximum Gasteiger partial charge on any atom is 0.406 e. The van der Waals surface area contributed by atoms with E-state index in [2.05, 4.69) is 15.9 Å². The fraction of sp³-hybridized carbons (Fsp3) is 0.182. The first-order valence-electron chi connectivity index (χ1n) is 4.72. The normalized spacial score (nSPS) is 12.0. The first kappa shape index (κ1) is 12.2. The molecule has 0 saturated heterocycles. The number of carbonyl (C=O) groups excluding carboxylic acids is 1. The van der Waals surface area contributed by atoms with E-state index < -0.39 is 12.7 Å². The van der Waals surface area contributed by atoms with E-state index in [0.717, 1.165) is 4.57 Å². The zero-order chi connectivity index (χ0) is 12.6. The van der Waals surface area contributed by atoms with Crippen LogP contribution in [0.5, 0.6) is 0 Å². The monoisotopic (exact) mass is 305 g/mol. The second-order valence-electron chi connectivity index (χ2n) is 3.56. The molecule has 0 fully saturated rings. The summed E-state index contributed by atoms with van der Waals surface area (Å²) in [6.45, 7) is -1.17. The smallest absolute Gasteiger partial charge is 0.329 e. The minimum Gasteiger partial charge on any atom is -0.329 e.